The average molecular weight is 440 g/mol. The molecule has 0 saturated carbocycles. The Hall–Kier alpha value is -2.12. The van der Waals surface area contributed by atoms with Crippen molar-refractivity contribution in [1.29, 1.82) is 0 Å². The molecule has 2 amide bonds. The van der Waals surface area contributed by atoms with Crippen molar-refractivity contribution in [3.8, 4) is 0 Å². The monoisotopic (exact) mass is 439 g/mol. The van der Waals surface area contributed by atoms with Gasteiger partial charge in [0, 0.05) is 13.1 Å². The Bertz CT molecular complexity index is 707. The van der Waals surface area contributed by atoms with Crippen molar-refractivity contribution in [2.24, 2.45) is 17.2 Å². The van der Waals surface area contributed by atoms with Gasteiger partial charge in [0.1, 0.15) is 24.4 Å². The summed E-state index contributed by atoms with van der Waals surface area (Å²) in [5, 5.41) is 26.2. The van der Waals surface area contributed by atoms with Crippen molar-refractivity contribution in [2.45, 2.75) is 56.1 Å². The maximum Gasteiger partial charge on any atom is 0.237 e. The first-order chi connectivity index (χ1) is 14.7. The molecule has 1 aromatic carbocycles. The maximum atomic E-state index is 12.0. The summed E-state index contributed by atoms with van der Waals surface area (Å²) >= 11 is 0. The topological polar surface area (TPSA) is 195 Å². The van der Waals surface area contributed by atoms with Crippen LogP contribution in [0.2, 0.25) is 0 Å². The highest BCUT2D eigenvalue weighted by molar-refractivity contribution is 5.81. The maximum absolute atomic E-state index is 12.0. The molecule has 7 atom stereocenters. The number of rotatable bonds is 11. The summed E-state index contributed by atoms with van der Waals surface area (Å²) in [7, 11) is 0. The van der Waals surface area contributed by atoms with E-state index in [2.05, 4.69) is 10.6 Å². The number of aliphatic hydroxyl groups is 2. The zero-order valence-electron chi connectivity index (χ0n) is 17.5. The van der Waals surface area contributed by atoms with Crippen LogP contribution < -0.4 is 27.8 Å². The third kappa shape index (κ3) is 7.21. The van der Waals surface area contributed by atoms with Crippen molar-refractivity contribution >= 4 is 11.8 Å². The van der Waals surface area contributed by atoms with Crippen LogP contribution >= 0.6 is 0 Å². The number of carbonyl (C=O) groups is 2. The molecule has 1 aliphatic heterocycles. The second-order valence-corrected chi connectivity index (χ2v) is 7.55. The van der Waals surface area contributed by atoms with Gasteiger partial charge in [0.05, 0.1) is 18.7 Å². The Labute approximate surface area is 181 Å². The number of nitrogens with two attached hydrogens (primary N) is 3. The quantitative estimate of drug-likeness (QED) is 0.175. The molecule has 0 spiro atoms. The molecule has 11 nitrogen and oxygen atoms in total. The Balaban J connectivity index is 1.94. The Morgan fingerprint density at radius 3 is 2.48 bits per heavy atom. The normalized spacial score (nSPS) is 28.0. The molecule has 2 rings (SSSR count). The Morgan fingerprint density at radius 1 is 1.23 bits per heavy atom. The summed E-state index contributed by atoms with van der Waals surface area (Å²) in [6.45, 7) is 1.76. The summed E-state index contributed by atoms with van der Waals surface area (Å²) in [6.07, 6.45) is -4.18. The lowest BCUT2D eigenvalue weighted by Gasteiger charge is -2.42. The van der Waals surface area contributed by atoms with E-state index in [1.54, 1.807) is 0 Å². The van der Waals surface area contributed by atoms with Crippen LogP contribution in [0.25, 0.3) is 0 Å². The van der Waals surface area contributed by atoms with Crippen molar-refractivity contribution in [3.63, 3.8) is 0 Å². The minimum atomic E-state index is -1.36. The van der Waals surface area contributed by atoms with Crippen LogP contribution in [-0.2, 0) is 25.5 Å². The SMILES string of the molecule is C[C@H](N)C(=O)N[C@H]1[C@@H](OCCN[C@@H](Cc2ccccc2)C(N)=O)O[C@H](CN)[C@@H](O)[C@@H]1O. The highest BCUT2D eigenvalue weighted by atomic mass is 16.7. The number of hydrogen-bond donors (Lipinski definition) is 7. The van der Waals surface area contributed by atoms with Crippen molar-refractivity contribution in [3.05, 3.63) is 35.9 Å². The van der Waals surface area contributed by atoms with E-state index >= 15 is 0 Å². The van der Waals surface area contributed by atoms with Gasteiger partial charge in [0.25, 0.3) is 0 Å². The van der Waals surface area contributed by atoms with Gasteiger partial charge in [0.2, 0.25) is 11.8 Å². The lowest BCUT2D eigenvalue weighted by molar-refractivity contribution is -0.261. The minimum absolute atomic E-state index is 0.0505. The van der Waals surface area contributed by atoms with Gasteiger partial charge in [-0.05, 0) is 18.9 Å². The molecular weight excluding hydrogens is 406 g/mol. The van der Waals surface area contributed by atoms with Gasteiger partial charge in [-0.2, -0.15) is 0 Å². The average Bonchev–Trinajstić information content (AvgIpc) is 2.75. The number of nitrogens with one attached hydrogen (secondary N) is 2. The molecule has 1 heterocycles. The predicted molar refractivity (Wildman–Crippen MR) is 112 cm³/mol. The van der Waals surface area contributed by atoms with E-state index in [0.29, 0.717) is 6.42 Å². The molecule has 0 bridgehead atoms. The van der Waals surface area contributed by atoms with Crippen LogP contribution in [0.1, 0.15) is 12.5 Å². The van der Waals surface area contributed by atoms with Crippen LogP contribution in [-0.4, -0.2) is 84.5 Å². The fourth-order valence-electron chi connectivity index (χ4n) is 3.25. The first-order valence-electron chi connectivity index (χ1n) is 10.2. The van der Waals surface area contributed by atoms with E-state index < -0.39 is 54.5 Å². The number of hydrogen-bond acceptors (Lipinski definition) is 9. The molecule has 1 saturated heterocycles. The van der Waals surface area contributed by atoms with Gasteiger partial charge in [0.15, 0.2) is 6.29 Å². The first-order valence-corrected chi connectivity index (χ1v) is 10.2. The zero-order valence-corrected chi connectivity index (χ0v) is 17.5. The van der Waals surface area contributed by atoms with Gasteiger partial charge >= 0.3 is 0 Å². The van der Waals surface area contributed by atoms with Gasteiger partial charge in [-0.25, -0.2) is 0 Å². The van der Waals surface area contributed by atoms with Crippen molar-refractivity contribution in [2.75, 3.05) is 19.7 Å². The highest BCUT2D eigenvalue weighted by Crippen LogP contribution is 2.22. The predicted octanol–water partition coefficient (Wildman–Crippen LogP) is -3.07. The van der Waals surface area contributed by atoms with E-state index in [1.165, 1.54) is 6.92 Å². The number of primary amides is 1. The molecule has 0 aromatic heterocycles. The second-order valence-electron chi connectivity index (χ2n) is 7.55. The van der Waals surface area contributed by atoms with E-state index in [0.717, 1.165) is 5.56 Å². The fourth-order valence-corrected chi connectivity index (χ4v) is 3.25. The lowest BCUT2D eigenvalue weighted by Crippen LogP contribution is -2.66. The second kappa shape index (κ2) is 12.1. The molecule has 31 heavy (non-hydrogen) atoms. The van der Waals surface area contributed by atoms with Gasteiger partial charge < -0.3 is 47.5 Å². The smallest absolute Gasteiger partial charge is 0.237 e. The zero-order chi connectivity index (χ0) is 23.0. The summed E-state index contributed by atoms with van der Waals surface area (Å²) in [6, 6.07) is 6.96. The number of amides is 2. The van der Waals surface area contributed by atoms with Crippen LogP contribution in [0.3, 0.4) is 0 Å². The van der Waals surface area contributed by atoms with Crippen LogP contribution in [0.5, 0.6) is 0 Å². The van der Waals surface area contributed by atoms with Crippen molar-refractivity contribution in [1.82, 2.24) is 10.6 Å². The molecule has 11 heteroatoms. The van der Waals surface area contributed by atoms with Crippen molar-refractivity contribution < 1.29 is 29.3 Å². The van der Waals surface area contributed by atoms with E-state index in [1.807, 2.05) is 30.3 Å². The van der Waals surface area contributed by atoms with Crippen LogP contribution in [0, 0.1) is 0 Å². The molecule has 0 aliphatic carbocycles. The molecule has 174 valence electrons. The van der Waals surface area contributed by atoms with E-state index in [9.17, 15) is 19.8 Å². The van der Waals surface area contributed by atoms with E-state index in [4.69, 9.17) is 26.7 Å². The van der Waals surface area contributed by atoms with Crippen LogP contribution in [0.15, 0.2) is 30.3 Å². The molecule has 0 unspecified atom stereocenters. The standard InChI is InChI=1S/C20H33N5O6/c1-11(22)19(29)25-15-17(27)16(26)14(10-21)31-20(15)30-8-7-24-13(18(23)28)9-12-5-3-2-4-6-12/h2-6,11,13-17,20,24,26-27H,7-10,21-22H2,1H3,(H2,23,28)(H,25,29)/t11-,13-,14+,15+,16+,17+,20-/m0/s1. The molecule has 1 aliphatic rings. The third-order valence-corrected chi connectivity index (χ3v) is 5.06. The number of carbonyl (C=O) groups excluding carboxylic acids is 2. The summed E-state index contributed by atoms with van der Waals surface area (Å²) in [5.74, 6) is -1.03. The lowest BCUT2D eigenvalue weighted by atomic mass is 9.96. The molecule has 1 fully saturated rings. The summed E-state index contributed by atoms with van der Waals surface area (Å²) in [4.78, 5) is 23.8. The number of aliphatic hydroxyl groups excluding tert-OH is 2. The Morgan fingerprint density at radius 2 is 1.90 bits per heavy atom. The molecule has 1 aromatic rings. The van der Waals surface area contributed by atoms with E-state index in [-0.39, 0.29) is 19.7 Å². The first kappa shape index (κ1) is 25.1. The minimum Gasteiger partial charge on any atom is -0.388 e. The van der Waals surface area contributed by atoms with Crippen LogP contribution in [0.4, 0.5) is 0 Å². The molecule has 10 N–H and O–H groups in total. The van der Waals surface area contributed by atoms with Gasteiger partial charge in [-0.15, -0.1) is 0 Å². The summed E-state index contributed by atoms with van der Waals surface area (Å²) in [5.41, 5.74) is 17.6. The molecular formula is C20H33N5O6. The highest BCUT2D eigenvalue weighted by Gasteiger charge is 2.45. The largest absolute Gasteiger partial charge is 0.388 e. The van der Waals surface area contributed by atoms with Gasteiger partial charge in [-0.1, -0.05) is 30.3 Å². The number of benzene rings is 1. The number of ether oxygens (including phenoxy) is 2. The fraction of sp³-hybridized carbons (Fsp3) is 0.600. The van der Waals surface area contributed by atoms with Gasteiger partial charge in [-0.3, -0.25) is 9.59 Å². The Kier molecular flexibility index (Phi) is 9.78. The third-order valence-electron chi connectivity index (χ3n) is 5.06. The summed E-state index contributed by atoms with van der Waals surface area (Å²) < 4.78 is 11.3. The molecule has 0 radical (unpaired) electrons.